The van der Waals surface area contributed by atoms with Crippen LogP contribution in [0, 0.1) is 11.3 Å². The molecule has 0 spiro atoms. The molecule has 0 saturated heterocycles. The fourth-order valence-corrected chi connectivity index (χ4v) is 8.77. The Morgan fingerprint density at radius 2 is 0.824 bits per heavy atom. The largest absolute Gasteiger partial charge is 0.416 e. The van der Waals surface area contributed by atoms with Crippen molar-refractivity contribution >= 4 is 43.6 Å². The van der Waals surface area contributed by atoms with Gasteiger partial charge in [0.1, 0.15) is 5.82 Å². The van der Waals surface area contributed by atoms with Gasteiger partial charge in [-0.1, -0.05) is 72.8 Å². The van der Waals surface area contributed by atoms with Crippen LogP contribution in [0.4, 0.5) is 52.7 Å². The van der Waals surface area contributed by atoms with E-state index in [2.05, 4.69) is 6.07 Å². The van der Waals surface area contributed by atoms with E-state index in [9.17, 15) is 57.9 Å². The van der Waals surface area contributed by atoms with Crippen molar-refractivity contribution in [1.29, 1.82) is 5.26 Å². The zero-order chi connectivity index (χ0) is 48.1. The van der Waals surface area contributed by atoms with Gasteiger partial charge in [-0.15, -0.1) is 0 Å². The van der Waals surface area contributed by atoms with E-state index in [1.165, 1.54) is 30.5 Å². The van der Waals surface area contributed by atoms with Gasteiger partial charge in [-0.25, -0.2) is 4.98 Å². The number of fused-ring (bicyclic) bond motifs is 6. The number of nitrogens with zero attached hydrogens (tertiary/aromatic N) is 4. The Morgan fingerprint density at radius 3 is 1.29 bits per heavy atom. The van der Waals surface area contributed by atoms with Crippen LogP contribution in [0.15, 0.2) is 158 Å². The fourth-order valence-electron chi connectivity index (χ4n) is 8.77. The number of alkyl halides is 12. The molecule has 0 radical (unpaired) electrons. The highest BCUT2D eigenvalue weighted by atomic mass is 19.4. The van der Waals surface area contributed by atoms with E-state index >= 15 is 0 Å². The van der Waals surface area contributed by atoms with Crippen LogP contribution in [0.2, 0.25) is 0 Å². The van der Waals surface area contributed by atoms with Gasteiger partial charge in [0, 0.05) is 27.1 Å². The summed E-state index contributed by atoms with van der Waals surface area (Å²) in [5.41, 5.74) is -3.08. The number of hydrogen-bond acceptors (Lipinski definition) is 2. The SMILES string of the molecule is N#Cc1cccc(-c2cc(-n3c4ccccc4c4ccc(-c5cc(C(F)(F)F)cc(C(F)(F)F)c5)cc43)ncc2-n2c3ccccc3c3ccc(-c4cc(C(F)(F)F)cc(C(F)(F)F)c4)cc32)c1. The molecule has 16 heteroatoms. The molecule has 3 heterocycles. The Bertz CT molecular complexity index is 3650. The number of benzene rings is 7. The summed E-state index contributed by atoms with van der Waals surface area (Å²) in [4.78, 5) is 4.90. The first-order valence-corrected chi connectivity index (χ1v) is 20.3. The van der Waals surface area contributed by atoms with Crippen molar-refractivity contribution in [1.82, 2.24) is 14.1 Å². The highest BCUT2D eigenvalue weighted by molar-refractivity contribution is 6.12. The molecule has 7 aromatic carbocycles. The molecular weight excluding hydrogens is 909 g/mol. The van der Waals surface area contributed by atoms with E-state index in [0.717, 1.165) is 0 Å². The summed E-state index contributed by atoms with van der Waals surface area (Å²) in [6.07, 6.45) is -18.9. The second-order valence-corrected chi connectivity index (χ2v) is 16.0. The molecule has 3 aromatic heterocycles. The summed E-state index contributed by atoms with van der Waals surface area (Å²) in [5, 5.41) is 12.5. The van der Waals surface area contributed by atoms with Crippen molar-refractivity contribution < 1.29 is 52.7 Å². The van der Waals surface area contributed by atoms with Gasteiger partial charge in [-0.2, -0.15) is 57.9 Å². The number of halogens is 12. The zero-order valence-electron chi connectivity index (χ0n) is 34.3. The molecule has 0 atom stereocenters. The van der Waals surface area contributed by atoms with Crippen molar-refractivity contribution in [2.24, 2.45) is 0 Å². The smallest absolute Gasteiger partial charge is 0.307 e. The van der Waals surface area contributed by atoms with Gasteiger partial charge in [-0.05, 0) is 107 Å². The van der Waals surface area contributed by atoms with Crippen molar-refractivity contribution in [2.45, 2.75) is 24.7 Å². The minimum Gasteiger partial charge on any atom is -0.307 e. The highest BCUT2D eigenvalue weighted by Crippen LogP contribution is 2.44. The highest BCUT2D eigenvalue weighted by Gasteiger charge is 2.38. The maximum Gasteiger partial charge on any atom is 0.416 e. The minimum absolute atomic E-state index is 0.0416. The van der Waals surface area contributed by atoms with Crippen LogP contribution in [0.25, 0.3) is 88.5 Å². The molecule has 0 aliphatic carbocycles. The average molecular weight is 935 g/mol. The van der Waals surface area contributed by atoms with E-state index in [1.807, 2.05) is 0 Å². The molecule has 4 nitrogen and oxygen atoms in total. The Labute approximate surface area is 376 Å². The summed E-state index contributed by atoms with van der Waals surface area (Å²) >= 11 is 0. The maximum absolute atomic E-state index is 14.0. The van der Waals surface area contributed by atoms with Crippen LogP contribution >= 0.6 is 0 Å². The van der Waals surface area contributed by atoms with Crippen molar-refractivity contribution in [3.8, 4) is 51.0 Å². The second-order valence-electron chi connectivity index (χ2n) is 16.0. The molecule has 0 saturated carbocycles. The van der Waals surface area contributed by atoms with Gasteiger partial charge in [0.25, 0.3) is 0 Å². The quantitative estimate of drug-likeness (QED) is 0.161. The third-order valence-corrected chi connectivity index (χ3v) is 11.8. The lowest BCUT2D eigenvalue weighted by Gasteiger charge is -2.17. The molecule has 0 bridgehead atoms. The topological polar surface area (TPSA) is 46.5 Å². The van der Waals surface area contributed by atoms with Crippen LogP contribution in [-0.2, 0) is 24.7 Å². The molecule has 0 fully saturated rings. The second kappa shape index (κ2) is 15.5. The van der Waals surface area contributed by atoms with E-state index in [4.69, 9.17) is 4.98 Å². The first kappa shape index (κ1) is 43.8. The van der Waals surface area contributed by atoms with E-state index in [1.54, 1.807) is 100 Å². The number of para-hydroxylation sites is 2. The molecule has 0 amide bonds. The third kappa shape index (κ3) is 7.63. The Morgan fingerprint density at radius 1 is 0.382 bits per heavy atom. The van der Waals surface area contributed by atoms with Gasteiger partial charge in [0.05, 0.1) is 67.8 Å². The Balaban J connectivity index is 1.24. The van der Waals surface area contributed by atoms with Crippen LogP contribution in [0.3, 0.4) is 0 Å². The Kier molecular flexibility index (Phi) is 9.99. The van der Waals surface area contributed by atoms with E-state index in [0.29, 0.717) is 84.7 Å². The molecule has 68 heavy (non-hydrogen) atoms. The lowest BCUT2D eigenvalue weighted by Crippen LogP contribution is -2.11. The molecule has 0 aliphatic rings. The van der Waals surface area contributed by atoms with Crippen LogP contribution in [-0.4, -0.2) is 14.1 Å². The van der Waals surface area contributed by atoms with E-state index in [-0.39, 0.29) is 45.8 Å². The van der Waals surface area contributed by atoms with Crippen molar-refractivity contribution in [3.63, 3.8) is 0 Å². The van der Waals surface area contributed by atoms with Crippen LogP contribution in [0.5, 0.6) is 0 Å². The lowest BCUT2D eigenvalue weighted by molar-refractivity contribution is -0.144. The monoisotopic (exact) mass is 934 g/mol. The normalized spacial score (nSPS) is 12.7. The first-order valence-electron chi connectivity index (χ1n) is 20.3. The predicted octanol–water partition coefficient (Wildman–Crippen LogP) is 16.2. The van der Waals surface area contributed by atoms with Crippen molar-refractivity contribution in [2.75, 3.05) is 0 Å². The van der Waals surface area contributed by atoms with Crippen molar-refractivity contribution in [3.05, 3.63) is 186 Å². The average Bonchev–Trinajstić information content (AvgIpc) is 3.82. The summed E-state index contributed by atoms with van der Waals surface area (Å²) in [5.74, 6) is 0.236. The van der Waals surface area contributed by atoms with E-state index < -0.39 is 47.0 Å². The summed E-state index contributed by atoms with van der Waals surface area (Å²) in [6, 6.07) is 36.2. The number of aromatic nitrogens is 3. The number of pyridine rings is 1. The molecule has 0 aliphatic heterocycles. The summed E-state index contributed by atoms with van der Waals surface area (Å²) < 4.78 is 172. The van der Waals surface area contributed by atoms with Gasteiger partial charge >= 0.3 is 24.7 Å². The van der Waals surface area contributed by atoms with Crippen LogP contribution < -0.4 is 0 Å². The molecular formula is C52H26F12N4. The number of rotatable bonds is 5. The lowest BCUT2D eigenvalue weighted by atomic mass is 9.98. The standard InChI is InChI=1S/C52H26F12N4/c53-49(54,55)34-17-32(18-35(23-34)50(56,57)58)29-12-14-40-38-8-1-3-10-43(38)67(45(40)21-29)47-27-66-48(25-42(47)31-7-5-6-28(16-31)26-65)68-44-11-4-2-9-39(44)41-15-13-30(22-46(41)68)33-19-36(51(59,60)61)24-37(20-33)52(62,63)64/h1-25,27H. The van der Waals surface area contributed by atoms with Gasteiger partial charge in [-0.3, -0.25) is 4.57 Å². The molecule has 10 aromatic rings. The summed E-state index contributed by atoms with van der Waals surface area (Å²) in [7, 11) is 0. The zero-order valence-corrected chi connectivity index (χ0v) is 34.3. The van der Waals surface area contributed by atoms with Gasteiger partial charge < -0.3 is 4.57 Å². The maximum atomic E-state index is 14.0. The van der Waals surface area contributed by atoms with Crippen LogP contribution in [0.1, 0.15) is 27.8 Å². The van der Waals surface area contributed by atoms with Gasteiger partial charge in [0.2, 0.25) is 0 Å². The Hall–Kier alpha value is -8.06. The summed E-state index contributed by atoms with van der Waals surface area (Å²) in [6.45, 7) is 0. The third-order valence-electron chi connectivity index (χ3n) is 11.8. The predicted molar refractivity (Wildman–Crippen MR) is 234 cm³/mol. The molecule has 0 unspecified atom stereocenters. The fraction of sp³-hybridized carbons (Fsp3) is 0.0769. The minimum atomic E-state index is -5.10. The molecule has 338 valence electrons. The number of hydrogen-bond donors (Lipinski definition) is 0. The molecule has 10 rings (SSSR count). The first-order chi connectivity index (χ1) is 32.2. The molecule has 0 N–H and O–H groups in total. The van der Waals surface area contributed by atoms with Gasteiger partial charge in [0.15, 0.2) is 0 Å². The number of nitriles is 1.